The maximum Gasteiger partial charge on any atom is 0.259 e. The predicted molar refractivity (Wildman–Crippen MR) is 57.7 cm³/mol. The van der Waals surface area contributed by atoms with Crippen molar-refractivity contribution in [2.75, 3.05) is 5.32 Å². The molecule has 4 nitrogen and oxygen atoms in total. The van der Waals surface area contributed by atoms with Gasteiger partial charge in [-0.2, -0.15) is 5.10 Å². The highest BCUT2D eigenvalue weighted by atomic mass is 19.1. The maximum absolute atomic E-state index is 13.3. The summed E-state index contributed by atoms with van der Waals surface area (Å²) in [7, 11) is 0. The third kappa shape index (κ3) is 1.93. The van der Waals surface area contributed by atoms with Crippen LogP contribution in [-0.4, -0.2) is 16.1 Å². The molecule has 0 atom stereocenters. The van der Waals surface area contributed by atoms with E-state index in [0.717, 1.165) is 5.56 Å². The zero-order valence-corrected chi connectivity index (χ0v) is 8.62. The zero-order chi connectivity index (χ0) is 11.5. The Morgan fingerprint density at radius 3 is 2.81 bits per heavy atom. The summed E-state index contributed by atoms with van der Waals surface area (Å²) in [4.78, 5) is 11.7. The van der Waals surface area contributed by atoms with Gasteiger partial charge in [-0.1, -0.05) is 12.1 Å². The molecule has 5 heteroatoms. The molecule has 0 bridgehead atoms. The van der Waals surface area contributed by atoms with Crippen LogP contribution in [0, 0.1) is 12.7 Å². The lowest BCUT2D eigenvalue weighted by molar-refractivity contribution is 0.102. The molecule has 82 valence electrons. The molecule has 0 saturated carbocycles. The summed E-state index contributed by atoms with van der Waals surface area (Å²) in [5.41, 5.74) is 0.807. The first-order valence-electron chi connectivity index (χ1n) is 4.74. The number of halogens is 1. The van der Waals surface area contributed by atoms with Crippen LogP contribution in [0.3, 0.4) is 0 Å². The van der Waals surface area contributed by atoms with Gasteiger partial charge in [0.05, 0.1) is 11.8 Å². The Balaban J connectivity index is 2.22. The molecule has 2 aromatic rings. The van der Waals surface area contributed by atoms with Crippen LogP contribution in [0.2, 0.25) is 0 Å². The van der Waals surface area contributed by atoms with E-state index in [1.807, 2.05) is 0 Å². The second-order valence-electron chi connectivity index (χ2n) is 3.36. The van der Waals surface area contributed by atoms with Gasteiger partial charge in [0, 0.05) is 5.56 Å². The molecule has 2 N–H and O–H groups in total. The molecule has 0 saturated heterocycles. The number of nitrogens with zero attached hydrogens (tertiary/aromatic N) is 1. The Morgan fingerprint density at radius 2 is 2.19 bits per heavy atom. The zero-order valence-electron chi connectivity index (χ0n) is 8.62. The molecule has 1 heterocycles. The van der Waals surface area contributed by atoms with Crippen molar-refractivity contribution in [1.82, 2.24) is 10.2 Å². The number of hydrogen-bond acceptors (Lipinski definition) is 2. The van der Waals surface area contributed by atoms with Crippen LogP contribution < -0.4 is 5.32 Å². The fourth-order valence-electron chi connectivity index (χ4n) is 1.30. The third-order valence-electron chi connectivity index (χ3n) is 2.19. The van der Waals surface area contributed by atoms with E-state index in [1.54, 1.807) is 19.2 Å². The van der Waals surface area contributed by atoms with E-state index in [-0.39, 0.29) is 5.56 Å². The first-order valence-corrected chi connectivity index (χ1v) is 4.74. The summed E-state index contributed by atoms with van der Waals surface area (Å²) in [5.74, 6) is -0.559. The Labute approximate surface area is 91.5 Å². The van der Waals surface area contributed by atoms with E-state index < -0.39 is 11.7 Å². The Hall–Kier alpha value is -2.17. The van der Waals surface area contributed by atoms with Crippen LogP contribution in [0.5, 0.6) is 0 Å². The number of aromatic nitrogens is 2. The summed E-state index contributed by atoms with van der Waals surface area (Å²) in [6.45, 7) is 1.79. The van der Waals surface area contributed by atoms with Crippen molar-refractivity contribution >= 4 is 11.7 Å². The number of nitrogens with one attached hydrogen (secondary N) is 2. The van der Waals surface area contributed by atoms with Gasteiger partial charge in [0.25, 0.3) is 5.91 Å². The normalized spacial score (nSPS) is 10.1. The topological polar surface area (TPSA) is 57.8 Å². The van der Waals surface area contributed by atoms with Crippen molar-refractivity contribution in [2.45, 2.75) is 6.92 Å². The third-order valence-corrected chi connectivity index (χ3v) is 2.19. The van der Waals surface area contributed by atoms with Crippen LogP contribution in [0.1, 0.15) is 15.9 Å². The number of aryl methyl sites for hydroxylation is 1. The van der Waals surface area contributed by atoms with E-state index in [4.69, 9.17) is 0 Å². The molecule has 16 heavy (non-hydrogen) atoms. The highest BCUT2D eigenvalue weighted by molar-refractivity contribution is 6.04. The van der Waals surface area contributed by atoms with Crippen LogP contribution in [0.25, 0.3) is 0 Å². The quantitative estimate of drug-likeness (QED) is 0.812. The monoisotopic (exact) mass is 219 g/mol. The van der Waals surface area contributed by atoms with Crippen molar-refractivity contribution < 1.29 is 9.18 Å². The van der Waals surface area contributed by atoms with Crippen molar-refractivity contribution in [3.63, 3.8) is 0 Å². The SMILES string of the molecule is Cc1cn[nH]c1NC(=O)c1ccccc1F. The summed E-state index contributed by atoms with van der Waals surface area (Å²) < 4.78 is 13.3. The Kier molecular flexibility index (Phi) is 2.68. The van der Waals surface area contributed by atoms with Crippen molar-refractivity contribution in [2.24, 2.45) is 0 Å². The second kappa shape index (κ2) is 4.14. The molecular weight excluding hydrogens is 209 g/mol. The number of rotatable bonds is 2. The number of anilines is 1. The van der Waals surface area contributed by atoms with Crippen LogP contribution in [0.4, 0.5) is 10.2 Å². The van der Waals surface area contributed by atoms with Gasteiger partial charge in [-0.15, -0.1) is 0 Å². The minimum absolute atomic E-state index is 0.0106. The van der Waals surface area contributed by atoms with Crippen molar-refractivity contribution in [3.8, 4) is 0 Å². The minimum Gasteiger partial charge on any atom is -0.307 e. The van der Waals surface area contributed by atoms with Gasteiger partial charge in [-0.25, -0.2) is 4.39 Å². The molecule has 0 fully saturated rings. The molecule has 1 amide bonds. The summed E-state index contributed by atoms with van der Waals surface area (Å²) in [6, 6.07) is 5.82. The molecule has 1 aromatic heterocycles. The minimum atomic E-state index is -0.544. The first-order chi connectivity index (χ1) is 7.68. The van der Waals surface area contributed by atoms with Crippen molar-refractivity contribution in [1.29, 1.82) is 0 Å². The molecular formula is C11H10FN3O. The van der Waals surface area contributed by atoms with E-state index in [2.05, 4.69) is 15.5 Å². The van der Waals surface area contributed by atoms with Crippen LogP contribution >= 0.6 is 0 Å². The summed E-state index contributed by atoms with van der Waals surface area (Å²) in [5, 5.41) is 8.93. The summed E-state index contributed by atoms with van der Waals surface area (Å²) >= 11 is 0. The van der Waals surface area contributed by atoms with Crippen LogP contribution in [0.15, 0.2) is 30.5 Å². The van der Waals surface area contributed by atoms with Gasteiger partial charge in [0.15, 0.2) is 0 Å². The molecule has 0 radical (unpaired) electrons. The average Bonchev–Trinajstić information content (AvgIpc) is 2.65. The highest BCUT2D eigenvalue weighted by Crippen LogP contribution is 2.12. The highest BCUT2D eigenvalue weighted by Gasteiger charge is 2.12. The molecule has 0 aliphatic heterocycles. The second-order valence-corrected chi connectivity index (χ2v) is 3.36. The lowest BCUT2D eigenvalue weighted by Gasteiger charge is -2.04. The van der Waals surface area contributed by atoms with Gasteiger partial charge < -0.3 is 5.32 Å². The number of H-pyrrole nitrogens is 1. The number of carbonyl (C=O) groups is 1. The number of carbonyl (C=O) groups excluding carboxylic acids is 1. The summed E-state index contributed by atoms with van der Waals surface area (Å²) in [6.07, 6.45) is 1.58. The predicted octanol–water partition coefficient (Wildman–Crippen LogP) is 2.11. The molecule has 2 rings (SSSR count). The number of hydrogen-bond donors (Lipinski definition) is 2. The number of amides is 1. The molecule has 0 aliphatic carbocycles. The van der Waals surface area contributed by atoms with Gasteiger partial charge in [0.2, 0.25) is 0 Å². The average molecular weight is 219 g/mol. The van der Waals surface area contributed by atoms with Gasteiger partial charge >= 0.3 is 0 Å². The standard InChI is InChI=1S/C11H10FN3O/c1-7-6-13-15-10(7)14-11(16)8-4-2-3-5-9(8)12/h2-6H,1H3,(H2,13,14,15,16). The molecule has 0 unspecified atom stereocenters. The first kappa shape index (κ1) is 10.4. The molecule has 0 aliphatic rings. The Bertz CT molecular complexity index is 521. The van der Waals surface area contributed by atoms with E-state index in [0.29, 0.717) is 5.82 Å². The largest absolute Gasteiger partial charge is 0.307 e. The van der Waals surface area contributed by atoms with E-state index in [1.165, 1.54) is 18.2 Å². The molecule has 0 spiro atoms. The smallest absolute Gasteiger partial charge is 0.259 e. The van der Waals surface area contributed by atoms with Gasteiger partial charge in [-0.3, -0.25) is 9.89 Å². The Morgan fingerprint density at radius 1 is 1.44 bits per heavy atom. The van der Waals surface area contributed by atoms with E-state index >= 15 is 0 Å². The number of benzene rings is 1. The van der Waals surface area contributed by atoms with E-state index in [9.17, 15) is 9.18 Å². The lowest BCUT2D eigenvalue weighted by Crippen LogP contribution is -2.14. The number of aromatic amines is 1. The fourth-order valence-corrected chi connectivity index (χ4v) is 1.30. The van der Waals surface area contributed by atoms with Crippen molar-refractivity contribution in [3.05, 3.63) is 47.4 Å². The van der Waals surface area contributed by atoms with Crippen LogP contribution in [-0.2, 0) is 0 Å². The molecule has 1 aromatic carbocycles. The maximum atomic E-state index is 13.3. The van der Waals surface area contributed by atoms with Gasteiger partial charge in [-0.05, 0) is 19.1 Å². The van der Waals surface area contributed by atoms with Gasteiger partial charge in [0.1, 0.15) is 11.6 Å². The lowest BCUT2D eigenvalue weighted by atomic mass is 10.2. The fraction of sp³-hybridized carbons (Fsp3) is 0.0909.